The van der Waals surface area contributed by atoms with E-state index in [0.717, 1.165) is 0 Å². The molecule has 0 atom stereocenters. The van der Waals surface area contributed by atoms with Crippen LogP contribution < -0.4 is 10.6 Å². The third-order valence-electron chi connectivity index (χ3n) is 3.30. The number of nitro groups is 1. The highest BCUT2D eigenvalue weighted by Gasteiger charge is 2.22. The van der Waals surface area contributed by atoms with Gasteiger partial charge in [0, 0.05) is 23.9 Å². The molecule has 2 amide bonds. The second kappa shape index (κ2) is 6.69. The number of rotatable bonds is 4. The molecular formula is C16H15N3O4. The number of amides is 2. The van der Waals surface area contributed by atoms with Crippen LogP contribution in [0, 0.1) is 17.0 Å². The predicted octanol–water partition coefficient (Wildman–Crippen LogP) is 2.52. The minimum absolute atomic E-state index is 0.00891. The maximum Gasteiger partial charge on any atom is 0.285 e. The van der Waals surface area contributed by atoms with Gasteiger partial charge in [-0.2, -0.15) is 0 Å². The molecule has 0 bridgehead atoms. The smallest absolute Gasteiger partial charge is 0.285 e. The minimum Gasteiger partial charge on any atom is -0.355 e. The normalized spacial score (nSPS) is 10.0. The molecule has 2 N–H and O–H groups in total. The fourth-order valence-corrected chi connectivity index (χ4v) is 2.13. The summed E-state index contributed by atoms with van der Waals surface area (Å²) >= 11 is 0. The van der Waals surface area contributed by atoms with E-state index in [4.69, 9.17) is 0 Å². The first-order chi connectivity index (χ1) is 10.9. The maximum atomic E-state index is 12.3. The largest absolute Gasteiger partial charge is 0.355 e. The van der Waals surface area contributed by atoms with Gasteiger partial charge in [-0.1, -0.05) is 12.1 Å². The number of carbonyl (C=O) groups is 2. The Morgan fingerprint density at radius 3 is 2.26 bits per heavy atom. The Morgan fingerprint density at radius 1 is 1.04 bits per heavy atom. The Labute approximate surface area is 132 Å². The number of aryl methyl sites for hydroxylation is 1. The van der Waals surface area contributed by atoms with Crippen molar-refractivity contribution in [3.63, 3.8) is 0 Å². The van der Waals surface area contributed by atoms with Crippen LogP contribution in [-0.4, -0.2) is 23.8 Å². The summed E-state index contributed by atoms with van der Waals surface area (Å²) in [6.07, 6.45) is 0. The van der Waals surface area contributed by atoms with E-state index in [1.807, 2.05) is 0 Å². The molecule has 2 aromatic carbocycles. The number of hydrogen-bond donors (Lipinski definition) is 2. The molecule has 0 aliphatic carbocycles. The summed E-state index contributed by atoms with van der Waals surface area (Å²) in [5.41, 5.74) is 1.08. The predicted molar refractivity (Wildman–Crippen MR) is 85.6 cm³/mol. The monoisotopic (exact) mass is 313 g/mol. The van der Waals surface area contributed by atoms with Crippen molar-refractivity contribution in [2.24, 2.45) is 0 Å². The van der Waals surface area contributed by atoms with Crippen molar-refractivity contribution in [3.8, 4) is 0 Å². The Morgan fingerprint density at radius 2 is 1.70 bits per heavy atom. The number of hydrogen-bond acceptors (Lipinski definition) is 4. The second-order valence-corrected chi connectivity index (χ2v) is 4.84. The van der Waals surface area contributed by atoms with Gasteiger partial charge in [0.2, 0.25) is 0 Å². The Hall–Kier alpha value is -3.22. The zero-order valence-corrected chi connectivity index (χ0v) is 12.6. The lowest BCUT2D eigenvalue weighted by Gasteiger charge is -2.08. The highest BCUT2D eigenvalue weighted by Crippen LogP contribution is 2.24. The van der Waals surface area contributed by atoms with Gasteiger partial charge in [0.25, 0.3) is 17.5 Å². The first-order valence-electron chi connectivity index (χ1n) is 6.81. The van der Waals surface area contributed by atoms with Gasteiger partial charge < -0.3 is 10.6 Å². The molecule has 0 aliphatic rings. The van der Waals surface area contributed by atoms with Crippen molar-refractivity contribution in [3.05, 3.63) is 69.3 Å². The van der Waals surface area contributed by atoms with E-state index in [-0.39, 0.29) is 17.2 Å². The molecule has 118 valence electrons. The Balaban J connectivity index is 2.25. The standard InChI is InChI=1S/C16H15N3O4/c1-10-4-3-5-13(14(10)19(22)23)16(21)18-12-8-6-11(7-9-12)15(20)17-2/h3-9H,1-2H3,(H,17,20)(H,18,21). The van der Waals surface area contributed by atoms with Crippen molar-refractivity contribution in [1.82, 2.24) is 5.32 Å². The van der Waals surface area contributed by atoms with E-state index in [0.29, 0.717) is 16.8 Å². The fourth-order valence-electron chi connectivity index (χ4n) is 2.13. The lowest BCUT2D eigenvalue weighted by atomic mass is 10.1. The van der Waals surface area contributed by atoms with Gasteiger partial charge in [0.1, 0.15) is 5.56 Å². The van der Waals surface area contributed by atoms with Crippen LogP contribution in [0.15, 0.2) is 42.5 Å². The van der Waals surface area contributed by atoms with Crippen LogP contribution >= 0.6 is 0 Å². The molecule has 0 radical (unpaired) electrons. The number of carbonyl (C=O) groups excluding carboxylic acids is 2. The van der Waals surface area contributed by atoms with Crippen LogP contribution in [0.2, 0.25) is 0 Å². The van der Waals surface area contributed by atoms with Gasteiger partial charge in [-0.25, -0.2) is 0 Å². The molecule has 2 rings (SSSR count). The number of nitrogens with one attached hydrogen (secondary N) is 2. The Kier molecular flexibility index (Phi) is 4.70. The van der Waals surface area contributed by atoms with Crippen LogP contribution in [0.3, 0.4) is 0 Å². The zero-order chi connectivity index (χ0) is 17.0. The lowest BCUT2D eigenvalue weighted by Crippen LogP contribution is -2.18. The average molecular weight is 313 g/mol. The lowest BCUT2D eigenvalue weighted by molar-refractivity contribution is -0.385. The fraction of sp³-hybridized carbons (Fsp3) is 0.125. The minimum atomic E-state index is -0.576. The average Bonchev–Trinajstić information content (AvgIpc) is 2.54. The van der Waals surface area contributed by atoms with Crippen LogP contribution in [0.5, 0.6) is 0 Å². The number of nitrogens with zero attached hydrogens (tertiary/aromatic N) is 1. The van der Waals surface area contributed by atoms with E-state index in [1.54, 1.807) is 43.3 Å². The molecule has 0 fully saturated rings. The van der Waals surface area contributed by atoms with E-state index >= 15 is 0 Å². The number of anilines is 1. The molecule has 7 heteroatoms. The maximum absolute atomic E-state index is 12.3. The van der Waals surface area contributed by atoms with Crippen molar-refractivity contribution >= 4 is 23.2 Å². The van der Waals surface area contributed by atoms with Gasteiger partial charge in [-0.3, -0.25) is 19.7 Å². The van der Waals surface area contributed by atoms with Crippen LogP contribution in [0.25, 0.3) is 0 Å². The summed E-state index contributed by atoms with van der Waals surface area (Å²) in [5.74, 6) is -0.815. The summed E-state index contributed by atoms with van der Waals surface area (Å²) in [5, 5.41) is 16.2. The quantitative estimate of drug-likeness (QED) is 0.669. The van der Waals surface area contributed by atoms with Crippen molar-refractivity contribution in [2.45, 2.75) is 6.92 Å². The van der Waals surface area contributed by atoms with Gasteiger partial charge in [0.15, 0.2) is 0 Å². The molecule has 0 aliphatic heterocycles. The molecule has 0 aromatic heterocycles. The molecule has 0 saturated heterocycles. The zero-order valence-electron chi connectivity index (χ0n) is 12.6. The molecule has 0 heterocycles. The number of para-hydroxylation sites is 1. The molecule has 7 nitrogen and oxygen atoms in total. The first-order valence-corrected chi connectivity index (χ1v) is 6.81. The van der Waals surface area contributed by atoms with E-state index in [1.165, 1.54) is 13.1 Å². The number of benzene rings is 2. The van der Waals surface area contributed by atoms with Crippen molar-refractivity contribution < 1.29 is 14.5 Å². The summed E-state index contributed by atoms with van der Waals surface area (Å²) in [7, 11) is 1.52. The molecule has 0 spiro atoms. The third-order valence-corrected chi connectivity index (χ3v) is 3.30. The number of nitro benzene ring substituents is 1. The van der Waals surface area contributed by atoms with Crippen molar-refractivity contribution in [1.29, 1.82) is 0 Å². The Bertz CT molecular complexity index is 769. The van der Waals surface area contributed by atoms with Gasteiger partial charge in [-0.15, -0.1) is 0 Å². The molecular weight excluding hydrogens is 298 g/mol. The van der Waals surface area contributed by atoms with Gasteiger partial charge in [-0.05, 0) is 37.3 Å². The summed E-state index contributed by atoms with van der Waals surface area (Å²) in [6.45, 7) is 1.58. The third kappa shape index (κ3) is 3.52. The van der Waals surface area contributed by atoms with Crippen LogP contribution in [0.1, 0.15) is 26.3 Å². The molecule has 0 unspecified atom stereocenters. The van der Waals surface area contributed by atoms with Crippen molar-refractivity contribution in [2.75, 3.05) is 12.4 Å². The highest BCUT2D eigenvalue weighted by molar-refractivity contribution is 6.07. The SMILES string of the molecule is CNC(=O)c1ccc(NC(=O)c2cccc(C)c2[N+](=O)[O-])cc1. The summed E-state index contributed by atoms with van der Waals surface area (Å²) in [6, 6.07) is 10.8. The van der Waals surface area contributed by atoms with Crippen LogP contribution in [-0.2, 0) is 0 Å². The van der Waals surface area contributed by atoms with Gasteiger partial charge >= 0.3 is 0 Å². The van der Waals surface area contributed by atoms with Gasteiger partial charge in [0.05, 0.1) is 4.92 Å². The van der Waals surface area contributed by atoms with E-state index in [9.17, 15) is 19.7 Å². The van der Waals surface area contributed by atoms with E-state index in [2.05, 4.69) is 10.6 Å². The van der Waals surface area contributed by atoms with Crippen LogP contribution in [0.4, 0.5) is 11.4 Å². The molecule has 2 aromatic rings. The topological polar surface area (TPSA) is 101 Å². The summed E-state index contributed by atoms with van der Waals surface area (Å²) in [4.78, 5) is 34.3. The van der Waals surface area contributed by atoms with E-state index < -0.39 is 10.8 Å². The second-order valence-electron chi connectivity index (χ2n) is 4.84. The first kappa shape index (κ1) is 16.2. The molecule has 0 saturated carbocycles. The summed E-state index contributed by atoms with van der Waals surface area (Å²) < 4.78 is 0. The highest BCUT2D eigenvalue weighted by atomic mass is 16.6. The molecule has 23 heavy (non-hydrogen) atoms.